The van der Waals surface area contributed by atoms with Crippen LogP contribution in [0.3, 0.4) is 0 Å². The maximum atomic E-state index is 12.8. The van der Waals surface area contributed by atoms with Crippen LogP contribution < -0.4 is 5.73 Å². The summed E-state index contributed by atoms with van der Waals surface area (Å²) >= 11 is 4.57. The zero-order valence-corrected chi connectivity index (χ0v) is 14.4. The van der Waals surface area contributed by atoms with E-state index in [9.17, 15) is 8.42 Å². The van der Waals surface area contributed by atoms with Gasteiger partial charge < -0.3 is 5.73 Å². The molecule has 0 amide bonds. The van der Waals surface area contributed by atoms with Gasteiger partial charge in [0.15, 0.2) is 0 Å². The van der Waals surface area contributed by atoms with E-state index < -0.39 is 10.0 Å². The monoisotopic (exact) mass is 386 g/mol. The topological polar surface area (TPSA) is 63.4 Å². The summed E-state index contributed by atoms with van der Waals surface area (Å²) in [6, 6.07) is 9.24. The molecule has 4 nitrogen and oxygen atoms in total. The van der Waals surface area contributed by atoms with E-state index in [-0.39, 0.29) is 6.04 Å². The van der Waals surface area contributed by atoms with Crippen LogP contribution >= 0.6 is 27.3 Å². The fourth-order valence-corrected chi connectivity index (χ4v) is 6.25. The van der Waals surface area contributed by atoms with Gasteiger partial charge in [-0.25, -0.2) is 8.42 Å². The van der Waals surface area contributed by atoms with Crippen LogP contribution in [0.5, 0.6) is 0 Å². The molecule has 2 aromatic rings. The zero-order valence-electron chi connectivity index (χ0n) is 11.2. The second-order valence-electron chi connectivity index (χ2n) is 5.08. The van der Waals surface area contributed by atoms with Crippen LogP contribution in [0.25, 0.3) is 0 Å². The lowest BCUT2D eigenvalue weighted by Crippen LogP contribution is -2.32. The summed E-state index contributed by atoms with van der Waals surface area (Å²) in [5.74, 6) is 0. The molecule has 21 heavy (non-hydrogen) atoms. The maximum Gasteiger partial charge on any atom is 0.254 e. The molecule has 2 N–H and O–H groups in total. The van der Waals surface area contributed by atoms with Crippen molar-refractivity contribution in [3.63, 3.8) is 0 Å². The number of thiophene rings is 1. The van der Waals surface area contributed by atoms with Crippen LogP contribution in [-0.2, 0) is 16.6 Å². The van der Waals surface area contributed by atoms with E-state index in [0.717, 1.165) is 18.4 Å². The third kappa shape index (κ3) is 3.15. The number of hydrogen-bond acceptors (Lipinski definition) is 4. The molecular formula is C14H15BrN2O2S2. The number of benzene rings is 1. The number of nitrogens with zero attached hydrogens (tertiary/aromatic N) is 1. The number of rotatable bonds is 5. The van der Waals surface area contributed by atoms with E-state index in [1.807, 2.05) is 12.1 Å². The van der Waals surface area contributed by atoms with Crippen molar-refractivity contribution in [2.24, 2.45) is 0 Å². The highest BCUT2D eigenvalue weighted by Crippen LogP contribution is 2.37. The van der Waals surface area contributed by atoms with Gasteiger partial charge >= 0.3 is 0 Å². The summed E-state index contributed by atoms with van der Waals surface area (Å²) in [7, 11) is -3.46. The van der Waals surface area contributed by atoms with E-state index >= 15 is 0 Å². The molecule has 1 aromatic heterocycles. The van der Waals surface area contributed by atoms with Crippen LogP contribution in [0, 0.1) is 0 Å². The van der Waals surface area contributed by atoms with Gasteiger partial charge in [-0.1, -0.05) is 12.1 Å². The molecule has 0 saturated heterocycles. The molecule has 0 unspecified atom stereocenters. The first-order valence-electron chi connectivity index (χ1n) is 6.58. The minimum atomic E-state index is -3.46. The highest BCUT2D eigenvalue weighted by Gasteiger charge is 2.39. The van der Waals surface area contributed by atoms with E-state index in [1.54, 1.807) is 27.9 Å². The molecule has 0 aliphatic heterocycles. The van der Waals surface area contributed by atoms with E-state index in [2.05, 4.69) is 15.9 Å². The van der Waals surface area contributed by atoms with Gasteiger partial charge in [-0.3, -0.25) is 0 Å². The second kappa shape index (κ2) is 5.72. The van der Waals surface area contributed by atoms with Crippen molar-refractivity contribution in [2.75, 3.05) is 5.73 Å². The summed E-state index contributed by atoms with van der Waals surface area (Å²) in [5, 5.41) is 1.78. The Bertz CT molecular complexity index is 737. The van der Waals surface area contributed by atoms with Crippen molar-refractivity contribution < 1.29 is 8.42 Å². The van der Waals surface area contributed by atoms with E-state index in [1.165, 1.54) is 11.3 Å². The average Bonchev–Trinajstić information content (AvgIpc) is 3.18. The lowest BCUT2D eigenvalue weighted by molar-refractivity contribution is 0.399. The smallest absolute Gasteiger partial charge is 0.254 e. The predicted molar refractivity (Wildman–Crippen MR) is 88.6 cm³/mol. The largest absolute Gasteiger partial charge is 0.399 e. The average molecular weight is 387 g/mol. The van der Waals surface area contributed by atoms with Gasteiger partial charge in [0.05, 0.1) is 0 Å². The number of anilines is 1. The van der Waals surface area contributed by atoms with Gasteiger partial charge in [0, 0.05) is 22.7 Å². The highest BCUT2D eigenvalue weighted by molar-refractivity contribution is 9.10. The van der Waals surface area contributed by atoms with Gasteiger partial charge in [-0.15, -0.1) is 11.3 Å². The van der Waals surface area contributed by atoms with Crippen molar-refractivity contribution in [1.82, 2.24) is 4.31 Å². The molecule has 112 valence electrons. The molecule has 0 bridgehead atoms. The van der Waals surface area contributed by atoms with Crippen LogP contribution in [0.2, 0.25) is 0 Å². The maximum absolute atomic E-state index is 12.8. The van der Waals surface area contributed by atoms with Crippen LogP contribution in [0.1, 0.15) is 18.4 Å². The quantitative estimate of drug-likeness (QED) is 0.800. The second-order valence-corrected chi connectivity index (χ2v) is 8.94. The summed E-state index contributed by atoms with van der Waals surface area (Å²) < 4.78 is 28.3. The fraction of sp³-hybridized carbons (Fsp3) is 0.286. The van der Waals surface area contributed by atoms with Crippen molar-refractivity contribution in [3.05, 3.63) is 45.7 Å². The Hall–Kier alpha value is -0.890. The van der Waals surface area contributed by atoms with Crippen molar-refractivity contribution in [3.8, 4) is 0 Å². The predicted octanol–water partition coefficient (Wildman–Crippen LogP) is 3.45. The fourth-order valence-electron chi connectivity index (χ4n) is 2.15. The summed E-state index contributed by atoms with van der Waals surface area (Å²) in [5.41, 5.74) is 7.31. The van der Waals surface area contributed by atoms with Gasteiger partial charge in [0.25, 0.3) is 10.0 Å². The Morgan fingerprint density at radius 1 is 1.24 bits per heavy atom. The molecule has 1 aliphatic carbocycles. The first kappa shape index (κ1) is 15.0. The molecule has 1 aliphatic rings. The van der Waals surface area contributed by atoms with Crippen LogP contribution in [0.15, 0.2) is 44.4 Å². The van der Waals surface area contributed by atoms with Gasteiger partial charge in [-0.05, 0) is 57.9 Å². The Morgan fingerprint density at radius 2 is 1.90 bits per heavy atom. The third-order valence-corrected chi connectivity index (χ3v) is 7.95. The number of hydrogen-bond donors (Lipinski definition) is 1. The Morgan fingerprint density at radius 3 is 2.43 bits per heavy atom. The SMILES string of the molecule is Nc1ccc(CN(C2CC2)S(=O)(=O)c2sccc2Br)cc1. The Balaban J connectivity index is 1.91. The molecular weight excluding hydrogens is 372 g/mol. The minimum absolute atomic E-state index is 0.113. The van der Waals surface area contributed by atoms with E-state index in [0.29, 0.717) is 20.9 Å². The molecule has 0 atom stereocenters. The normalized spacial score (nSPS) is 15.5. The summed E-state index contributed by atoms with van der Waals surface area (Å²) in [6.07, 6.45) is 1.86. The first-order chi connectivity index (χ1) is 9.98. The molecule has 7 heteroatoms. The molecule has 1 heterocycles. The van der Waals surface area contributed by atoms with E-state index in [4.69, 9.17) is 5.73 Å². The zero-order chi connectivity index (χ0) is 15.0. The van der Waals surface area contributed by atoms with Gasteiger partial charge in [0.1, 0.15) is 4.21 Å². The minimum Gasteiger partial charge on any atom is -0.399 e. The van der Waals surface area contributed by atoms with Gasteiger partial charge in [-0.2, -0.15) is 4.31 Å². The van der Waals surface area contributed by atoms with Crippen LogP contribution in [-0.4, -0.2) is 18.8 Å². The van der Waals surface area contributed by atoms with Crippen molar-refractivity contribution in [2.45, 2.75) is 29.6 Å². The lowest BCUT2D eigenvalue weighted by Gasteiger charge is -2.21. The summed E-state index contributed by atoms with van der Waals surface area (Å²) in [6.45, 7) is 0.387. The number of sulfonamides is 1. The molecule has 1 fully saturated rings. The Labute approximate surface area is 136 Å². The number of halogens is 1. The van der Waals surface area contributed by atoms with Crippen LogP contribution in [0.4, 0.5) is 5.69 Å². The first-order valence-corrected chi connectivity index (χ1v) is 9.69. The van der Waals surface area contributed by atoms with Crippen molar-refractivity contribution in [1.29, 1.82) is 0 Å². The molecule has 1 aromatic carbocycles. The summed E-state index contributed by atoms with van der Waals surface area (Å²) in [4.78, 5) is 0. The third-order valence-electron chi connectivity index (χ3n) is 3.40. The van der Waals surface area contributed by atoms with Gasteiger partial charge in [0.2, 0.25) is 0 Å². The number of nitrogens with two attached hydrogens (primary N) is 1. The molecule has 3 rings (SSSR count). The highest BCUT2D eigenvalue weighted by atomic mass is 79.9. The molecule has 1 saturated carbocycles. The Kier molecular flexibility index (Phi) is 4.09. The number of nitrogen functional groups attached to an aromatic ring is 1. The lowest BCUT2D eigenvalue weighted by atomic mass is 10.2. The standard InChI is InChI=1S/C14H15BrN2O2S2/c15-13-7-8-20-14(13)21(18,19)17(12-5-6-12)9-10-1-3-11(16)4-2-10/h1-4,7-8,12H,5-6,9,16H2. The molecule has 0 spiro atoms. The molecule has 0 radical (unpaired) electrons. The van der Waals surface area contributed by atoms with Crippen molar-refractivity contribution >= 4 is 43.0 Å².